The standard InChI is InChI=1S/C37H65NO4/c1-10-11-12-13-23-38-31(40)41-29-17-20-34(6)27(33(29,4)5)16-22-35(7)28(34)24-26(39)30-25(15-21-36(30,35)8)37(9)19-14-18-32(2,3)42-37/h25-30,39H,10-24H2,1-9H3,(H,38,40)/t25-,26+,27-,28+,29-,30-,34-,35+,36+,37+/m0/s1. The fourth-order valence-corrected chi connectivity index (χ4v) is 12.4. The number of amides is 1. The molecule has 0 unspecified atom stereocenters. The first-order chi connectivity index (χ1) is 19.5. The average Bonchev–Trinajstić information content (AvgIpc) is 3.27. The van der Waals surface area contributed by atoms with Gasteiger partial charge in [-0.15, -0.1) is 0 Å². The van der Waals surface area contributed by atoms with Crippen LogP contribution in [0.2, 0.25) is 0 Å². The predicted octanol–water partition coefficient (Wildman–Crippen LogP) is 9.06. The molecule has 5 fully saturated rings. The Morgan fingerprint density at radius 1 is 0.857 bits per heavy atom. The van der Waals surface area contributed by atoms with Gasteiger partial charge in [-0.3, -0.25) is 0 Å². The van der Waals surface area contributed by atoms with Crippen LogP contribution in [0.1, 0.15) is 152 Å². The van der Waals surface area contributed by atoms with E-state index in [1.54, 1.807) is 0 Å². The fraction of sp³-hybridized carbons (Fsp3) is 0.973. The lowest BCUT2D eigenvalue weighted by molar-refractivity contribution is -0.257. The van der Waals surface area contributed by atoms with Crippen molar-refractivity contribution in [2.45, 2.75) is 176 Å². The minimum atomic E-state index is -0.280. The van der Waals surface area contributed by atoms with Crippen LogP contribution < -0.4 is 5.32 Å². The number of unbranched alkanes of at least 4 members (excludes halogenated alkanes) is 3. The zero-order valence-electron chi connectivity index (χ0n) is 28.7. The van der Waals surface area contributed by atoms with Crippen LogP contribution in [-0.4, -0.2) is 41.2 Å². The molecule has 5 heteroatoms. The van der Waals surface area contributed by atoms with Crippen molar-refractivity contribution in [2.75, 3.05) is 6.54 Å². The minimum Gasteiger partial charge on any atom is -0.446 e. The monoisotopic (exact) mass is 587 g/mol. The molecule has 5 rings (SSSR count). The third-order valence-corrected chi connectivity index (χ3v) is 14.6. The third-order valence-electron chi connectivity index (χ3n) is 14.6. The molecule has 2 N–H and O–H groups in total. The van der Waals surface area contributed by atoms with Crippen molar-refractivity contribution in [3.8, 4) is 0 Å². The molecule has 0 aromatic rings. The molecule has 0 spiro atoms. The van der Waals surface area contributed by atoms with Gasteiger partial charge in [0.2, 0.25) is 0 Å². The van der Waals surface area contributed by atoms with E-state index in [-0.39, 0.29) is 51.2 Å². The summed E-state index contributed by atoms with van der Waals surface area (Å²) in [5, 5.41) is 15.2. The number of carbonyl (C=O) groups excluding carboxylic acids is 1. The van der Waals surface area contributed by atoms with E-state index in [0.29, 0.717) is 30.2 Å². The molecule has 5 nitrogen and oxygen atoms in total. The predicted molar refractivity (Wildman–Crippen MR) is 170 cm³/mol. The van der Waals surface area contributed by atoms with Crippen LogP contribution in [0.4, 0.5) is 4.79 Å². The van der Waals surface area contributed by atoms with Gasteiger partial charge >= 0.3 is 6.09 Å². The number of carbonyl (C=O) groups is 1. The van der Waals surface area contributed by atoms with Crippen molar-refractivity contribution in [2.24, 2.45) is 45.3 Å². The van der Waals surface area contributed by atoms with Crippen LogP contribution in [0.3, 0.4) is 0 Å². The summed E-state index contributed by atoms with van der Waals surface area (Å²) in [7, 11) is 0. The number of nitrogens with one attached hydrogen (secondary N) is 1. The summed E-state index contributed by atoms with van der Waals surface area (Å²) in [4.78, 5) is 12.8. The van der Waals surface area contributed by atoms with Gasteiger partial charge in [-0.1, -0.05) is 60.8 Å². The van der Waals surface area contributed by atoms with E-state index in [4.69, 9.17) is 9.47 Å². The number of hydrogen-bond acceptors (Lipinski definition) is 4. The van der Waals surface area contributed by atoms with E-state index in [2.05, 4.69) is 67.6 Å². The maximum atomic E-state index is 12.8. The lowest BCUT2D eigenvalue weighted by Gasteiger charge is -2.70. The van der Waals surface area contributed by atoms with Crippen LogP contribution in [0, 0.1) is 45.3 Å². The highest BCUT2D eigenvalue weighted by Gasteiger charge is 2.72. The summed E-state index contributed by atoms with van der Waals surface area (Å²) >= 11 is 0. The van der Waals surface area contributed by atoms with Gasteiger partial charge in [0, 0.05) is 12.0 Å². The molecule has 0 radical (unpaired) electrons. The molecule has 0 bridgehead atoms. The van der Waals surface area contributed by atoms with Crippen LogP contribution in [0.5, 0.6) is 0 Å². The number of rotatable bonds is 7. The Kier molecular flexibility index (Phi) is 8.70. The quantitative estimate of drug-likeness (QED) is 0.292. The molecule has 42 heavy (non-hydrogen) atoms. The van der Waals surface area contributed by atoms with Gasteiger partial charge in [0.05, 0.1) is 17.3 Å². The lowest BCUT2D eigenvalue weighted by atomic mass is 9.35. The maximum Gasteiger partial charge on any atom is 0.407 e. The molecular formula is C37H65NO4. The van der Waals surface area contributed by atoms with Gasteiger partial charge in [0.15, 0.2) is 0 Å². The SMILES string of the molecule is CCCCCCNC(=O)O[C@H]1CC[C@]2(C)[C@H]3C[C@@H](O)[C@@H]4[C@@H]([C@@]5(C)CCCC(C)(C)O5)CC[C@@]4(C)[C@]3(C)CC[C@H]2C1(C)C. The van der Waals surface area contributed by atoms with Crippen molar-refractivity contribution in [1.82, 2.24) is 5.32 Å². The van der Waals surface area contributed by atoms with E-state index >= 15 is 0 Å². The Morgan fingerprint density at radius 2 is 1.57 bits per heavy atom. The Morgan fingerprint density at radius 3 is 2.26 bits per heavy atom. The molecule has 0 aromatic heterocycles. The van der Waals surface area contributed by atoms with Crippen LogP contribution in [0.25, 0.3) is 0 Å². The summed E-state index contributed by atoms with van der Waals surface area (Å²) in [6.45, 7) is 22.2. The summed E-state index contributed by atoms with van der Waals surface area (Å²) in [5.74, 6) is 1.67. The van der Waals surface area contributed by atoms with Crippen molar-refractivity contribution in [3.05, 3.63) is 0 Å². The first-order valence-electron chi connectivity index (χ1n) is 17.9. The van der Waals surface area contributed by atoms with Crippen LogP contribution in [0.15, 0.2) is 0 Å². The Balaban J connectivity index is 1.34. The number of alkyl carbamates (subject to hydrolysis) is 1. The molecule has 1 amide bonds. The fourth-order valence-electron chi connectivity index (χ4n) is 12.4. The molecule has 242 valence electrons. The number of fused-ring (bicyclic) bond motifs is 5. The third kappa shape index (κ3) is 5.17. The zero-order valence-corrected chi connectivity index (χ0v) is 28.7. The summed E-state index contributed by atoms with van der Waals surface area (Å²) in [6.07, 6.45) is 15.1. The maximum absolute atomic E-state index is 12.8. The first-order valence-corrected chi connectivity index (χ1v) is 17.9. The van der Waals surface area contributed by atoms with Crippen molar-refractivity contribution in [3.63, 3.8) is 0 Å². The van der Waals surface area contributed by atoms with Crippen molar-refractivity contribution < 1.29 is 19.4 Å². The first kappa shape index (κ1) is 32.6. The smallest absolute Gasteiger partial charge is 0.407 e. The van der Waals surface area contributed by atoms with E-state index in [1.165, 1.54) is 44.9 Å². The normalized spacial score (nSPS) is 47.6. The Hall–Kier alpha value is -0.810. The average molecular weight is 588 g/mol. The van der Waals surface area contributed by atoms with E-state index in [9.17, 15) is 9.90 Å². The molecular weight excluding hydrogens is 522 g/mol. The lowest BCUT2D eigenvalue weighted by Crippen LogP contribution is -2.67. The number of hydrogen-bond donors (Lipinski definition) is 2. The largest absolute Gasteiger partial charge is 0.446 e. The van der Waals surface area contributed by atoms with Gasteiger partial charge in [0.1, 0.15) is 6.10 Å². The number of aliphatic hydroxyl groups is 1. The second-order valence-electron chi connectivity index (χ2n) is 17.7. The van der Waals surface area contributed by atoms with Gasteiger partial charge in [-0.05, 0) is 131 Å². The van der Waals surface area contributed by atoms with Crippen LogP contribution >= 0.6 is 0 Å². The molecule has 5 aliphatic rings. The number of ether oxygens (including phenoxy) is 2. The second-order valence-corrected chi connectivity index (χ2v) is 17.7. The van der Waals surface area contributed by atoms with Gasteiger partial charge in [0.25, 0.3) is 0 Å². The van der Waals surface area contributed by atoms with Crippen molar-refractivity contribution >= 4 is 6.09 Å². The minimum absolute atomic E-state index is 0.0602. The molecule has 4 aliphatic carbocycles. The molecule has 0 aromatic carbocycles. The zero-order chi connectivity index (χ0) is 30.8. The summed E-state index contributed by atoms with van der Waals surface area (Å²) in [5.41, 5.74) is 0.108. The van der Waals surface area contributed by atoms with Gasteiger partial charge in [-0.2, -0.15) is 0 Å². The highest BCUT2D eigenvalue weighted by atomic mass is 16.6. The van der Waals surface area contributed by atoms with Crippen LogP contribution in [-0.2, 0) is 9.47 Å². The highest BCUT2D eigenvalue weighted by molar-refractivity contribution is 5.67. The van der Waals surface area contributed by atoms with E-state index < -0.39 is 0 Å². The Labute approximate surface area is 258 Å². The molecule has 1 saturated heterocycles. The molecule has 4 saturated carbocycles. The number of aliphatic hydroxyl groups excluding tert-OH is 1. The van der Waals surface area contributed by atoms with Crippen molar-refractivity contribution in [1.29, 1.82) is 0 Å². The summed E-state index contributed by atoms with van der Waals surface area (Å²) < 4.78 is 13.1. The van der Waals surface area contributed by atoms with E-state index in [1.807, 2.05) is 0 Å². The molecule has 10 atom stereocenters. The van der Waals surface area contributed by atoms with Gasteiger partial charge in [-0.25, -0.2) is 4.79 Å². The highest BCUT2D eigenvalue weighted by Crippen LogP contribution is 2.76. The van der Waals surface area contributed by atoms with Gasteiger partial charge < -0.3 is 19.9 Å². The topological polar surface area (TPSA) is 67.8 Å². The molecule has 1 heterocycles. The Bertz CT molecular complexity index is 994. The van der Waals surface area contributed by atoms with E-state index in [0.717, 1.165) is 44.9 Å². The second kappa shape index (κ2) is 11.2. The molecule has 1 aliphatic heterocycles. The summed E-state index contributed by atoms with van der Waals surface area (Å²) in [6, 6.07) is 0.